The van der Waals surface area contributed by atoms with Gasteiger partial charge >= 0.3 is 6.18 Å². The molecule has 1 aromatic carbocycles. The topological polar surface area (TPSA) is 86.9 Å². The molecule has 1 amide bonds. The Labute approximate surface area is 118 Å². The molecule has 4 N–H and O–H groups in total. The van der Waals surface area contributed by atoms with Crippen LogP contribution in [0.5, 0.6) is 0 Å². The Morgan fingerprint density at radius 3 is 2.33 bits per heavy atom. The first-order valence-electron chi connectivity index (χ1n) is 5.96. The van der Waals surface area contributed by atoms with Gasteiger partial charge in [-0.2, -0.15) is 18.3 Å². The molecule has 2 rings (SSSR count). The fourth-order valence-corrected chi connectivity index (χ4v) is 2.02. The maximum atomic E-state index is 13.0. The van der Waals surface area contributed by atoms with Crippen LogP contribution in [0.25, 0.3) is 5.69 Å². The van der Waals surface area contributed by atoms with E-state index in [1.54, 1.807) is 13.8 Å². The zero-order valence-electron chi connectivity index (χ0n) is 11.3. The molecule has 2 aromatic rings. The summed E-state index contributed by atoms with van der Waals surface area (Å²) in [6.45, 7) is 3.30. The van der Waals surface area contributed by atoms with Gasteiger partial charge in [0, 0.05) is 0 Å². The highest BCUT2D eigenvalue weighted by Gasteiger charge is 2.35. The average Bonchev–Trinajstić information content (AvgIpc) is 2.65. The Balaban J connectivity index is 2.67. The molecule has 0 aliphatic heterocycles. The number of amides is 1. The van der Waals surface area contributed by atoms with Crippen molar-refractivity contribution >= 4 is 11.6 Å². The lowest BCUT2D eigenvalue weighted by molar-refractivity contribution is -0.137. The minimum Gasteiger partial charge on any atom is -0.396 e. The van der Waals surface area contributed by atoms with Crippen LogP contribution in [-0.4, -0.2) is 15.7 Å². The van der Waals surface area contributed by atoms with Crippen LogP contribution in [0, 0.1) is 13.8 Å². The van der Waals surface area contributed by atoms with Crippen molar-refractivity contribution in [2.24, 2.45) is 5.73 Å². The molecule has 0 saturated heterocycles. The number of rotatable bonds is 2. The third kappa shape index (κ3) is 2.56. The SMILES string of the molecule is Cc1nn(-c2ccc(C(N)=O)c(C(F)(F)F)c2)c(C)c1N. The van der Waals surface area contributed by atoms with E-state index in [9.17, 15) is 18.0 Å². The van der Waals surface area contributed by atoms with Gasteiger partial charge in [-0.1, -0.05) is 0 Å². The van der Waals surface area contributed by atoms with Crippen molar-refractivity contribution < 1.29 is 18.0 Å². The zero-order chi connectivity index (χ0) is 15.9. The Morgan fingerprint density at radius 2 is 1.90 bits per heavy atom. The van der Waals surface area contributed by atoms with Crippen LogP contribution in [0.15, 0.2) is 18.2 Å². The highest BCUT2D eigenvalue weighted by molar-refractivity contribution is 5.94. The van der Waals surface area contributed by atoms with Crippen molar-refractivity contribution in [1.82, 2.24) is 9.78 Å². The summed E-state index contributed by atoms with van der Waals surface area (Å²) in [6, 6.07) is 3.21. The molecule has 0 saturated carbocycles. The molecule has 0 unspecified atom stereocenters. The van der Waals surface area contributed by atoms with Gasteiger partial charge in [0.2, 0.25) is 5.91 Å². The number of nitrogens with zero attached hydrogens (tertiary/aromatic N) is 2. The van der Waals surface area contributed by atoms with Gasteiger partial charge in [0.15, 0.2) is 0 Å². The number of aryl methyl sites for hydroxylation is 1. The maximum absolute atomic E-state index is 13.0. The fourth-order valence-electron chi connectivity index (χ4n) is 2.02. The summed E-state index contributed by atoms with van der Waals surface area (Å²) in [7, 11) is 0. The number of benzene rings is 1. The predicted octanol–water partition coefficient (Wildman–Crippen LogP) is 2.19. The molecule has 0 radical (unpaired) electrons. The fraction of sp³-hybridized carbons (Fsp3) is 0.231. The molecule has 8 heteroatoms. The highest BCUT2D eigenvalue weighted by Crippen LogP contribution is 2.33. The van der Waals surface area contributed by atoms with Crippen LogP contribution in [0.2, 0.25) is 0 Å². The van der Waals surface area contributed by atoms with Crippen molar-refractivity contribution in [3.63, 3.8) is 0 Å². The van der Waals surface area contributed by atoms with Crippen LogP contribution in [0.1, 0.15) is 27.3 Å². The summed E-state index contributed by atoms with van der Waals surface area (Å²) in [6.07, 6.45) is -4.69. The van der Waals surface area contributed by atoms with Gasteiger partial charge in [0.05, 0.1) is 33.9 Å². The van der Waals surface area contributed by atoms with E-state index in [1.807, 2.05) is 0 Å². The predicted molar refractivity (Wildman–Crippen MR) is 71.0 cm³/mol. The molecule has 5 nitrogen and oxygen atoms in total. The molecule has 0 atom stereocenters. The van der Waals surface area contributed by atoms with E-state index >= 15 is 0 Å². The highest BCUT2D eigenvalue weighted by atomic mass is 19.4. The first kappa shape index (κ1) is 14.9. The summed E-state index contributed by atoms with van der Waals surface area (Å²) in [5.74, 6) is -1.14. The number of alkyl halides is 3. The van der Waals surface area contributed by atoms with E-state index in [4.69, 9.17) is 11.5 Å². The quantitative estimate of drug-likeness (QED) is 0.891. The first-order valence-corrected chi connectivity index (χ1v) is 5.96. The lowest BCUT2D eigenvalue weighted by Crippen LogP contribution is -2.19. The summed E-state index contributed by atoms with van der Waals surface area (Å²) in [4.78, 5) is 11.1. The largest absolute Gasteiger partial charge is 0.417 e. The number of carbonyl (C=O) groups excluding carboxylic acids is 1. The molecular weight excluding hydrogens is 285 g/mol. The zero-order valence-corrected chi connectivity index (χ0v) is 11.3. The second-order valence-electron chi connectivity index (χ2n) is 4.59. The summed E-state index contributed by atoms with van der Waals surface area (Å²) >= 11 is 0. The summed E-state index contributed by atoms with van der Waals surface area (Å²) in [5, 5.41) is 4.09. The Morgan fingerprint density at radius 1 is 1.29 bits per heavy atom. The number of aromatic nitrogens is 2. The normalized spacial score (nSPS) is 11.7. The van der Waals surface area contributed by atoms with Crippen LogP contribution < -0.4 is 11.5 Å². The second-order valence-corrected chi connectivity index (χ2v) is 4.59. The first-order chi connectivity index (χ1) is 9.62. The number of hydrogen-bond donors (Lipinski definition) is 2. The minimum absolute atomic E-state index is 0.157. The maximum Gasteiger partial charge on any atom is 0.417 e. The molecule has 1 aromatic heterocycles. The number of halogens is 3. The Kier molecular flexibility index (Phi) is 3.40. The van der Waals surface area contributed by atoms with Crippen molar-refractivity contribution in [2.75, 3.05) is 5.73 Å². The van der Waals surface area contributed by atoms with Gasteiger partial charge in [-0.05, 0) is 32.0 Å². The Hall–Kier alpha value is -2.51. The molecule has 1 heterocycles. The molecule has 0 aliphatic rings. The monoisotopic (exact) mass is 298 g/mol. The van der Waals surface area contributed by atoms with E-state index < -0.39 is 23.2 Å². The summed E-state index contributed by atoms with van der Waals surface area (Å²) in [5.41, 5.74) is 10.7. The molecule has 112 valence electrons. The standard InChI is InChI=1S/C13H13F3N4O/c1-6-11(17)7(2)20(19-6)8-3-4-9(12(18)21)10(5-8)13(14,15)16/h3-5H,17H2,1-2H3,(H2,18,21). The number of hydrogen-bond acceptors (Lipinski definition) is 3. The average molecular weight is 298 g/mol. The molecular formula is C13H13F3N4O. The van der Waals surface area contributed by atoms with Gasteiger partial charge in [0.25, 0.3) is 0 Å². The number of nitrogen functional groups attached to an aromatic ring is 1. The minimum atomic E-state index is -4.69. The van der Waals surface area contributed by atoms with Gasteiger partial charge < -0.3 is 11.5 Å². The molecule has 0 spiro atoms. The number of primary amides is 1. The van der Waals surface area contributed by atoms with Gasteiger partial charge in [-0.15, -0.1) is 0 Å². The number of carbonyl (C=O) groups is 1. The van der Waals surface area contributed by atoms with Crippen molar-refractivity contribution in [2.45, 2.75) is 20.0 Å². The smallest absolute Gasteiger partial charge is 0.396 e. The second kappa shape index (κ2) is 4.80. The van der Waals surface area contributed by atoms with Crippen LogP contribution >= 0.6 is 0 Å². The molecule has 0 aliphatic carbocycles. The lowest BCUT2D eigenvalue weighted by atomic mass is 10.1. The van der Waals surface area contributed by atoms with E-state index in [0.717, 1.165) is 12.1 Å². The van der Waals surface area contributed by atoms with E-state index in [1.165, 1.54) is 10.7 Å². The Bertz CT molecular complexity index is 719. The van der Waals surface area contributed by atoms with Crippen molar-refractivity contribution in [3.05, 3.63) is 40.7 Å². The third-order valence-corrected chi connectivity index (χ3v) is 3.17. The number of anilines is 1. The molecule has 0 fully saturated rings. The van der Waals surface area contributed by atoms with Gasteiger partial charge in [0.1, 0.15) is 0 Å². The molecule has 0 bridgehead atoms. The van der Waals surface area contributed by atoms with E-state index in [-0.39, 0.29) is 5.69 Å². The lowest BCUT2D eigenvalue weighted by Gasteiger charge is -2.13. The third-order valence-electron chi connectivity index (χ3n) is 3.17. The van der Waals surface area contributed by atoms with Crippen LogP contribution in [0.4, 0.5) is 18.9 Å². The van der Waals surface area contributed by atoms with Gasteiger partial charge in [-0.3, -0.25) is 4.79 Å². The van der Waals surface area contributed by atoms with Gasteiger partial charge in [-0.25, -0.2) is 4.68 Å². The molecule has 21 heavy (non-hydrogen) atoms. The van der Waals surface area contributed by atoms with E-state index in [0.29, 0.717) is 17.1 Å². The van der Waals surface area contributed by atoms with Crippen molar-refractivity contribution in [1.29, 1.82) is 0 Å². The number of nitrogens with two attached hydrogens (primary N) is 2. The van der Waals surface area contributed by atoms with Crippen LogP contribution in [-0.2, 0) is 6.18 Å². The van der Waals surface area contributed by atoms with Crippen LogP contribution in [0.3, 0.4) is 0 Å². The summed E-state index contributed by atoms with van der Waals surface area (Å²) < 4.78 is 40.4. The van der Waals surface area contributed by atoms with Crippen molar-refractivity contribution in [3.8, 4) is 5.69 Å². The van der Waals surface area contributed by atoms with E-state index in [2.05, 4.69) is 5.10 Å².